The van der Waals surface area contributed by atoms with Crippen molar-refractivity contribution in [2.75, 3.05) is 5.32 Å². The largest absolute Gasteiger partial charge is 0.457 e. The third-order valence-corrected chi connectivity index (χ3v) is 4.93. The first-order valence-electron chi connectivity index (χ1n) is 9.26. The van der Waals surface area contributed by atoms with Crippen molar-refractivity contribution >= 4 is 69.2 Å². The Kier molecular flexibility index (Phi) is 6.41. The maximum Gasteiger partial charge on any atom is 0.336 e. The predicted octanol–water partition coefficient (Wildman–Crippen LogP) is 5.89. The summed E-state index contributed by atoms with van der Waals surface area (Å²) in [6.07, 6.45) is 2.82. The molecule has 2 aromatic heterocycles. The first-order chi connectivity index (χ1) is 15.4. The van der Waals surface area contributed by atoms with E-state index in [4.69, 9.17) is 44.3 Å². The Balaban J connectivity index is 1.37. The van der Waals surface area contributed by atoms with Gasteiger partial charge in [-0.1, -0.05) is 23.2 Å². The quantitative estimate of drug-likeness (QED) is 0.213. The molecule has 4 rings (SSSR count). The van der Waals surface area contributed by atoms with Gasteiger partial charge >= 0.3 is 5.63 Å². The molecule has 32 heavy (non-hydrogen) atoms. The van der Waals surface area contributed by atoms with Gasteiger partial charge in [0.05, 0.1) is 0 Å². The van der Waals surface area contributed by atoms with Crippen molar-refractivity contribution in [1.29, 1.82) is 0 Å². The molecule has 0 aliphatic heterocycles. The summed E-state index contributed by atoms with van der Waals surface area (Å²) in [5.74, 6) is 0.609. The Morgan fingerprint density at radius 1 is 0.938 bits per heavy atom. The zero-order valence-corrected chi connectivity index (χ0v) is 18.6. The van der Waals surface area contributed by atoms with Crippen LogP contribution in [-0.4, -0.2) is 11.0 Å². The molecule has 160 valence electrons. The predicted molar refractivity (Wildman–Crippen MR) is 130 cm³/mol. The minimum absolute atomic E-state index is 0.116. The average molecular weight is 485 g/mol. The molecule has 0 unspecified atom stereocenters. The first-order valence-corrected chi connectivity index (χ1v) is 10.4. The van der Waals surface area contributed by atoms with Gasteiger partial charge in [-0.3, -0.25) is 10.1 Å². The molecule has 0 saturated carbocycles. The lowest BCUT2D eigenvalue weighted by Crippen LogP contribution is -2.32. The van der Waals surface area contributed by atoms with Crippen molar-refractivity contribution in [3.05, 3.63) is 93.0 Å². The number of fused-ring (bicyclic) bond motifs is 1. The number of carbonyl (C=O) groups is 1. The van der Waals surface area contributed by atoms with Gasteiger partial charge in [-0.25, -0.2) is 4.79 Å². The molecular weight excluding hydrogens is 471 g/mol. The smallest absolute Gasteiger partial charge is 0.336 e. The fraction of sp³-hybridized carbons (Fsp3) is 0. The van der Waals surface area contributed by atoms with Crippen LogP contribution in [0.25, 0.3) is 28.4 Å². The van der Waals surface area contributed by atoms with E-state index >= 15 is 0 Å². The van der Waals surface area contributed by atoms with Crippen LogP contribution < -0.4 is 16.3 Å². The molecule has 0 radical (unpaired) electrons. The summed E-state index contributed by atoms with van der Waals surface area (Å²) < 4.78 is 10.8. The summed E-state index contributed by atoms with van der Waals surface area (Å²) >= 11 is 17.2. The molecule has 1 amide bonds. The molecule has 2 heterocycles. The lowest BCUT2D eigenvalue weighted by Gasteiger charge is -2.08. The highest BCUT2D eigenvalue weighted by Gasteiger charge is 2.07. The van der Waals surface area contributed by atoms with Crippen molar-refractivity contribution in [3.63, 3.8) is 0 Å². The number of anilines is 1. The normalized spacial score (nSPS) is 11.1. The first kappa shape index (κ1) is 21.8. The van der Waals surface area contributed by atoms with Gasteiger partial charge in [0.2, 0.25) is 5.91 Å². The number of benzene rings is 2. The topological polar surface area (TPSA) is 84.5 Å². The highest BCUT2D eigenvalue weighted by atomic mass is 35.5. The Bertz CT molecular complexity index is 1400. The Morgan fingerprint density at radius 3 is 2.50 bits per heavy atom. The zero-order chi connectivity index (χ0) is 22.7. The number of hydrogen-bond donors (Lipinski definition) is 2. The fourth-order valence-electron chi connectivity index (χ4n) is 2.92. The molecule has 0 atom stereocenters. The Labute approximate surface area is 197 Å². The third-order valence-electron chi connectivity index (χ3n) is 4.29. The van der Waals surface area contributed by atoms with Crippen LogP contribution >= 0.6 is 35.4 Å². The van der Waals surface area contributed by atoms with Crippen LogP contribution in [0.4, 0.5) is 5.69 Å². The average Bonchev–Trinajstić information content (AvgIpc) is 3.21. The molecule has 0 fully saturated rings. The van der Waals surface area contributed by atoms with E-state index in [9.17, 15) is 9.59 Å². The van der Waals surface area contributed by atoms with Gasteiger partial charge in [0.25, 0.3) is 0 Å². The number of furan rings is 1. The van der Waals surface area contributed by atoms with Crippen molar-refractivity contribution < 1.29 is 13.6 Å². The highest BCUT2D eigenvalue weighted by Crippen LogP contribution is 2.29. The van der Waals surface area contributed by atoms with E-state index in [1.165, 1.54) is 18.2 Å². The van der Waals surface area contributed by atoms with Crippen LogP contribution in [0.1, 0.15) is 5.76 Å². The van der Waals surface area contributed by atoms with E-state index in [0.29, 0.717) is 32.8 Å². The molecular formula is C23H14Cl2N2O4S. The number of halogens is 2. The molecule has 2 N–H and O–H groups in total. The van der Waals surface area contributed by atoms with Crippen molar-refractivity contribution in [1.82, 2.24) is 5.32 Å². The maximum absolute atomic E-state index is 12.2. The summed E-state index contributed by atoms with van der Waals surface area (Å²) in [4.78, 5) is 23.4. The molecule has 0 spiro atoms. The summed E-state index contributed by atoms with van der Waals surface area (Å²) in [5.41, 5.74) is 1.40. The summed E-state index contributed by atoms with van der Waals surface area (Å²) in [7, 11) is 0. The van der Waals surface area contributed by atoms with Crippen LogP contribution in [0.5, 0.6) is 0 Å². The Morgan fingerprint density at radius 2 is 1.72 bits per heavy atom. The van der Waals surface area contributed by atoms with Crippen LogP contribution in [0, 0.1) is 0 Å². The molecule has 2 aromatic carbocycles. The van der Waals surface area contributed by atoms with Crippen LogP contribution in [0.3, 0.4) is 0 Å². The zero-order valence-electron chi connectivity index (χ0n) is 16.2. The van der Waals surface area contributed by atoms with Gasteiger partial charge in [0.15, 0.2) is 5.11 Å². The van der Waals surface area contributed by atoms with Gasteiger partial charge in [-0.2, -0.15) is 0 Å². The monoisotopic (exact) mass is 484 g/mol. The van der Waals surface area contributed by atoms with Crippen molar-refractivity contribution in [3.8, 4) is 11.3 Å². The van der Waals surface area contributed by atoms with Gasteiger partial charge in [-0.05, 0) is 72.9 Å². The molecule has 9 heteroatoms. The number of amides is 1. The molecule has 0 aliphatic rings. The second-order valence-corrected chi connectivity index (χ2v) is 7.93. The number of carbonyl (C=O) groups excluding carboxylic acids is 1. The number of rotatable bonds is 4. The molecule has 6 nitrogen and oxygen atoms in total. The number of thiocarbonyl (C=S) groups is 1. The lowest BCUT2D eigenvalue weighted by atomic mass is 10.2. The van der Waals surface area contributed by atoms with Crippen LogP contribution in [-0.2, 0) is 4.79 Å². The SMILES string of the molecule is O=C(/C=C/c1ccc(-c2cc(Cl)cc(Cl)c2)o1)NC(=S)Nc1ccc2oc(=O)ccc2c1. The van der Waals surface area contributed by atoms with E-state index in [-0.39, 0.29) is 5.11 Å². The molecule has 0 bridgehead atoms. The summed E-state index contributed by atoms with van der Waals surface area (Å²) in [5, 5.41) is 7.30. The van der Waals surface area contributed by atoms with E-state index in [0.717, 1.165) is 10.9 Å². The van der Waals surface area contributed by atoms with Gasteiger partial charge in [0, 0.05) is 38.8 Å². The van der Waals surface area contributed by atoms with Gasteiger partial charge in [0.1, 0.15) is 17.1 Å². The van der Waals surface area contributed by atoms with E-state index in [1.54, 1.807) is 54.6 Å². The van der Waals surface area contributed by atoms with Gasteiger partial charge < -0.3 is 14.2 Å². The summed E-state index contributed by atoms with van der Waals surface area (Å²) in [6.45, 7) is 0. The molecule has 0 saturated heterocycles. The third kappa shape index (κ3) is 5.45. The number of nitrogens with one attached hydrogen (secondary N) is 2. The molecule has 4 aromatic rings. The minimum atomic E-state index is -0.432. The van der Waals surface area contributed by atoms with Crippen molar-refractivity contribution in [2.24, 2.45) is 0 Å². The lowest BCUT2D eigenvalue weighted by molar-refractivity contribution is -0.115. The fourth-order valence-corrected chi connectivity index (χ4v) is 3.66. The van der Waals surface area contributed by atoms with Crippen LogP contribution in [0.2, 0.25) is 10.0 Å². The van der Waals surface area contributed by atoms with Gasteiger partial charge in [-0.15, -0.1) is 0 Å². The second kappa shape index (κ2) is 9.40. The summed E-state index contributed by atoms with van der Waals surface area (Å²) in [6, 6.07) is 16.6. The van der Waals surface area contributed by atoms with Crippen LogP contribution in [0.15, 0.2) is 80.4 Å². The second-order valence-electron chi connectivity index (χ2n) is 6.64. The van der Waals surface area contributed by atoms with Crippen molar-refractivity contribution in [2.45, 2.75) is 0 Å². The highest BCUT2D eigenvalue weighted by molar-refractivity contribution is 7.80. The van der Waals surface area contributed by atoms with E-state index in [1.807, 2.05) is 0 Å². The standard InChI is InChI=1S/C23H14Cl2N2O4S/c24-15-9-14(10-16(25)12-15)20-6-3-18(30-20)4-7-21(28)27-23(32)26-17-2-5-19-13(11-17)1-8-22(29)31-19/h1-12H,(H2,26,27,28,32)/b7-4+. The van der Waals surface area contributed by atoms with E-state index in [2.05, 4.69) is 10.6 Å². The minimum Gasteiger partial charge on any atom is -0.457 e. The number of hydrogen-bond acceptors (Lipinski definition) is 5. The maximum atomic E-state index is 12.2. The van der Waals surface area contributed by atoms with E-state index < -0.39 is 11.5 Å². The Hall–Kier alpha value is -3.39. The molecule has 0 aliphatic carbocycles.